The van der Waals surface area contributed by atoms with Crippen molar-refractivity contribution in [3.8, 4) is 5.75 Å². The lowest BCUT2D eigenvalue weighted by Crippen LogP contribution is -2.06. The summed E-state index contributed by atoms with van der Waals surface area (Å²) in [6.07, 6.45) is 3.94. The predicted molar refractivity (Wildman–Crippen MR) is 74.4 cm³/mol. The Kier molecular flexibility index (Phi) is 3.26. The van der Waals surface area contributed by atoms with E-state index >= 15 is 0 Å². The Morgan fingerprint density at radius 2 is 1.85 bits per heavy atom. The predicted octanol–water partition coefficient (Wildman–Crippen LogP) is 2.12. The highest BCUT2D eigenvalue weighted by Crippen LogP contribution is 2.30. The van der Waals surface area contributed by atoms with Gasteiger partial charge < -0.3 is 9.84 Å². The summed E-state index contributed by atoms with van der Waals surface area (Å²) in [7, 11) is 1.55. The second-order valence-corrected chi connectivity index (χ2v) is 4.26. The summed E-state index contributed by atoms with van der Waals surface area (Å²) >= 11 is 0. The van der Waals surface area contributed by atoms with Gasteiger partial charge in [0.05, 0.1) is 18.1 Å². The molecule has 0 saturated heterocycles. The molecule has 0 aliphatic rings. The Balaban J connectivity index is 2.15. The maximum Gasteiger partial charge on any atom is 0.143 e. The molecule has 1 aromatic carbocycles. The third kappa shape index (κ3) is 2.08. The van der Waals surface area contributed by atoms with Crippen molar-refractivity contribution >= 4 is 11.0 Å². The average Bonchev–Trinajstić information content (AvgIpc) is 2.53. The molecule has 0 amide bonds. The molecule has 20 heavy (non-hydrogen) atoms. The number of nitrogens with zero attached hydrogens (tertiary/aromatic N) is 3. The van der Waals surface area contributed by atoms with Crippen LogP contribution in [0.3, 0.4) is 0 Å². The molecule has 0 spiro atoms. The largest absolute Gasteiger partial charge is 0.495 e. The summed E-state index contributed by atoms with van der Waals surface area (Å²) in [5, 5.41) is 10.6. The van der Waals surface area contributed by atoms with Crippen molar-refractivity contribution in [3.05, 3.63) is 60.2 Å². The van der Waals surface area contributed by atoms with Crippen LogP contribution in [0.25, 0.3) is 11.0 Å². The van der Waals surface area contributed by atoms with Crippen LogP contribution in [0, 0.1) is 0 Å². The molecule has 1 atom stereocenters. The van der Waals surface area contributed by atoms with Crippen LogP contribution in [0.1, 0.15) is 17.4 Å². The molecule has 3 aromatic rings. The van der Waals surface area contributed by atoms with Gasteiger partial charge in [-0.1, -0.05) is 12.1 Å². The van der Waals surface area contributed by atoms with Crippen molar-refractivity contribution in [2.24, 2.45) is 0 Å². The van der Waals surface area contributed by atoms with Crippen LogP contribution in [-0.2, 0) is 0 Å². The second-order valence-electron chi connectivity index (χ2n) is 4.26. The zero-order valence-corrected chi connectivity index (χ0v) is 10.9. The smallest absolute Gasteiger partial charge is 0.143 e. The summed E-state index contributed by atoms with van der Waals surface area (Å²) in [5.41, 5.74) is 2.52. The normalized spacial score (nSPS) is 12.3. The molecule has 5 nitrogen and oxygen atoms in total. The molecule has 1 N–H and O–H groups in total. The first-order valence-corrected chi connectivity index (χ1v) is 6.18. The van der Waals surface area contributed by atoms with E-state index in [9.17, 15) is 5.11 Å². The number of hydrogen-bond donors (Lipinski definition) is 1. The molecule has 2 heterocycles. The zero-order chi connectivity index (χ0) is 13.9. The summed E-state index contributed by atoms with van der Waals surface area (Å²) in [4.78, 5) is 12.7. The van der Waals surface area contributed by atoms with Gasteiger partial charge in [-0.05, 0) is 18.2 Å². The number of aromatic nitrogens is 3. The number of methoxy groups -OCH3 is 1. The van der Waals surface area contributed by atoms with E-state index in [0.717, 1.165) is 5.52 Å². The number of pyridine rings is 1. The molecule has 2 aromatic heterocycles. The van der Waals surface area contributed by atoms with Crippen molar-refractivity contribution in [2.75, 3.05) is 7.11 Å². The Morgan fingerprint density at radius 1 is 1.00 bits per heavy atom. The molecular formula is C15H13N3O2. The van der Waals surface area contributed by atoms with E-state index in [1.807, 2.05) is 18.2 Å². The molecule has 0 fully saturated rings. The van der Waals surface area contributed by atoms with Crippen molar-refractivity contribution in [2.45, 2.75) is 6.10 Å². The van der Waals surface area contributed by atoms with Crippen LogP contribution in [0.5, 0.6) is 5.75 Å². The van der Waals surface area contributed by atoms with Gasteiger partial charge in [-0.3, -0.25) is 15.0 Å². The minimum Gasteiger partial charge on any atom is -0.495 e. The highest BCUT2D eigenvalue weighted by Gasteiger charge is 2.19. The van der Waals surface area contributed by atoms with Crippen LogP contribution >= 0.6 is 0 Å². The highest BCUT2D eigenvalue weighted by molar-refractivity contribution is 5.78. The topological polar surface area (TPSA) is 68.1 Å². The molecule has 0 aliphatic carbocycles. The van der Waals surface area contributed by atoms with Gasteiger partial charge in [-0.15, -0.1) is 0 Å². The van der Waals surface area contributed by atoms with Crippen LogP contribution in [-0.4, -0.2) is 27.2 Å². The minimum atomic E-state index is -0.911. The standard InChI is InChI=1S/C15H13N3O2/c1-20-12-6-3-7-17-14(12)15(19)10-4-2-5-11-13(10)18-9-8-16-11/h2-9,15,19H,1H3. The molecule has 0 bridgehead atoms. The maximum absolute atomic E-state index is 10.6. The number of aliphatic hydroxyl groups excluding tert-OH is 1. The monoisotopic (exact) mass is 267 g/mol. The first-order chi connectivity index (χ1) is 9.81. The third-order valence-corrected chi connectivity index (χ3v) is 3.10. The van der Waals surface area contributed by atoms with Crippen LogP contribution in [0.15, 0.2) is 48.9 Å². The van der Waals surface area contributed by atoms with E-state index in [1.165, 1.54) is 0 Å². The molecule has 1 unspecified atom stereocenters. The molecular weight excluding hydrogens is 254 g/mol. The van der Waals surface area contributed by atoms with Gasteiger partial charge in [-0.25, -0.2) is 0 Å². The summed E-state index contributed by atoms with van der Waals surface area (Å²) < 4.78 is 5.24. The molecule has 5 heteroatoms. The Morgan fingerprint density at radius 3 is 2.70 bits per heavy atom. The van der Waals surface area contributed by atoms with E-state index in [2.05, 4.69) is 15.0 Å². The van der Waals surface area contributed by atoms with E-state index < -0.39 is 6.10 Å². The maximum atomic E-state index is 10.6. The number of rotatable bonds is 3. The van der Waals surface area contributed by atoms with Crippen LogP contribution in [0.2, 0.25) is 0 Å². The van der Waals surface area contributed by atoms with E-state index in [0.29, 0.717) is 22.5 Å². The number of ether oxygens (including phenoxy) is 1. The molecule has 0 radical (unpaired) electrons. The van der Waals surface area contributed by atoms with Crippen LogP contribution in [0.4, 0.5) is 0 Å². The van der Waals surface area contributed by atoms with Gasteiger partial charge in [0.15, 0.2) is 0 Å². The molecule has 100 valence electrons. The third-order valence-electron chi connectivity index (χ3n) is 3.10. The molecule has 0 saturated carbocycles. The first kappa shape index (κ1) is 12.5. The number of fused-ring (bicyclic) bond motifs is 1. The minimum absolute atomic E-state index is 0.466. The average molecular weight is 267 g/mol. The lowest BCUT2D eigenvalue weighted by Gasteiger charge is -2.14. The van der Waals surface area contributed by atoms with E-state index in [-0.39, 0.29) is 0 Å². The van der Waals surface area contributed by atoms with Gasteiger partial charge in [-0.2, -0.15) is 0 Å². The second kappa shape index (κ2) is 5.22. The fourth-order valence-corrected chi connectivity index (χ4v) is 2.16. The Labute approximate surface area is 115 Å². The first-order valence-electron chi connectivity index (χ1n) is 6.18. The Hall–Kier alpha value is -2.53. The molecule has 0 aliphatic heterocycles. The van der Waals surface area contributed by atoms with Gasteiger partial charge in [0.1, 0.15) is 17.5 Å². The zero-order valence-electron chi connectivity index (χ0n) is 10.9. The SMILES string of the molecule is COc1cccnc1C(O)c1cccc2nccnc12. The summed E-state index contributed by atoms with van der Waals surface area (Å²) in [6.45, 7) is 0. The lowest BCUT2D eigenvalue weighted by atomic mass is 10.0. The van der Waals surface area contributed by atoms with Gasteiger partial charge >= 0.3 is 0 Å². The van der Waals surface area contributed by atoms with Gasteiger partial charge in [0.25, 0.3) is 0 Å². The quantitative estimate of drug-likeness (QED) is 0.787. The number of para-hydroxylation sites is 1. The van der Waals surface area contributed by atoms with Crippen molar-refractivity contribution in [1.29, 1.82) is 0 Å². The van der Waals surface area contributed by atoms with Gasteiger partial charge in [0, 0.05) is 24.2 Å². The number of benzene rings is 1. The Bertz CT molecular complexity index is 741. The summed E-state index contributed by atoms with van der Waals surface area (Å²) in [5.74, 6) is 0.542. The van der Waals surface area contributed by atoms with Crippen LogP contribution < -0.4 is 4.74 Å². The van der Waals surface area contributed by atoms with Crippen molar-refractivity contribution < 1.29 is 9.84 Å². The van der Waals surface area contributed by atoms with E-state index in [1.54, 1.807) is 37.8 Å². The fraction of sp³-hybridized carbons (Fsp3) is 0.133. The van der Waals surface area contributed by atoms with Gasteiger partial charge in [0.2, 0.25) is 0 Å². The lowest BCUT2D eigenvalue weighted by molar-refractivity contribution is 0.210. The highest BCUT2D eigenvalue weighted by atomic mass is 16.5. The number of aliphatic hydroxyl groups is 1. The fourth-order valence-electron chi connectivity index (χ4n) is 2.16. The van der Waals surface area contributed by atoms with Crippen molar-refractivity contribution in [1.82, 2.24) is 15.0 Å². The number of hydrogen-bond acceptors (Lipinski definition) is 5. The van der Waals surface area contributed by atoms with Crippen molar-refractivity contribution in [3.63, 3.8) is 0 Å². The summed E-state index contributed by atoms with van der Waals surface area (Å²) in [6, 6.07) is 9.04. The molecule has 3 rings (SSSR count). The van der Waals surface area contributed by atoms with E-state index in [4.69, 9.17) is 4.74 Å².